The number of hydrogen-bond acceptors (Lipinski definition) is 4. The minimum absolute atomic E-state index is 0.0305. The molecule has 6 nitrogen and oxygen atoms in total. The van der Waals surface area contributed by atoms with E-state index in [1.165, 1.54) is 13.2 Å². The molecule has 142 valence electrons. The topological polar surface area (TPSA) is 66.9 Å². The summed E-state index contributed by atoms with van der Waals surface area (Å²) < 4.78 is 18.2. The minimum Gasteiger partial charge on any atom is -0.469 e. The predicted octanol–water partition coefficient (Wildman–Crippen LogP) is 1.77. The number of aryl methyl sites for hydroxylation is 1. The first-order chi connectivity index (χ1) is 12.5. The van der Waals surface area contributed by atoms with E-state index in [1.54, 1.807) is 28.0 Å². The summed E-state index contributed by atoms with van der Waals surface area (Å²) in [4.78, 5) is 39.1. The van der Waals surface area contributed by atoms with Crippen LogP contribution >= 0.6 is 0 Å². The monoisotopic (exact) mass is 364 g/mol. The molecule has 0 saturated carbocycles. The van der Waals surface area contributed by atoms with Crippen molar-refractivity contribution in [2.75, 3.05) is 33.3 Å². The lowest BCUT2D eigenvalue weighted by atomic mass is 10.1. The van der Waals surface area contributed by atoms with Crippen molar-refractivity contribution in [2.45, 2.75) is 32.1 Å². The van der Waals surface area contributed by atoms with Gasteiger partial charge in [0.1, 0.15) is 5.82 Å². The van der Waals surface area contributed by atoms with Crippen molar-refractivity contribution in [1.82, 2.24) is 9.80 Å². The number of nitrogens with zero attached hydrogens (tertiary/aromatic N) is 2. The second-order valence-electron chi connectivity index (χ2n) is 6.28. The molecule has 7 heteroatoms. The van der Waals surface area contributed by atoms with Gasteiger partial charge in [0.15, 0.2) is 0 Å². The van der Waals surface area contributed by atoms with Crippen LogP contribution in [-0.2, 0) is 25.5 Å². The maximum Gasteiger partial charge on any atom is 0.306 e. The summed E-state index contributed by atoms with van der Waals surface area (Å²) in [5, 5.41) is 0. The Morgan fingerprint density at radius 3 is 2.19 bits per heavy atom. The third-order valence-electron chi connectivity index (χ3n) is 4.54. The molecule has 0 bridgehead atoms. The molecule has 1 aromatic rings. The maximum atomic E-state index is 13.6. The fraction of sp³-hybridized carbons (Fsp3) is 0.526. The van der Waals surface area contributed by atoms with Crippen molar-refractivity contribution in [3.63, 3.8) is 0 Å². The van der Waals surface area contributed by atoms with Crippen molar-refractivity contribution in [1.29, 1.82) is 0 Å². The molecule has 1 aliphatic rings. The fourth-order valence-corrected chi connectivity index (χ4v) is 2.99. The highest BCUT2D eigenvalue weighted by Crippen LogP contribution is 2.12. The molecule has 1 aliphatic heterocycles. The number of carbonyl (C=O) groups is 3. The summed E-state index contributed by atoms with van der Waals surface area (Å²) in [6.07, 6.45) is 1.49. The number of benzene rings is 1. The van der Waals surface area contributed by atoms with Crippen molar-refractivity contribution in [3.8, 4) is 0 Å². The zero-order chi connectivity index (χ0) is 18.9. The molecule has 0 atom stereocenters. The summed E-state index contributed by atoms with van der Waals surface area (Å²) >= 11 is 0. The minimum atomic E-state index is -0.405. The number of esters is 1. The first kappa shape index (κ1) is 19.9. The molecule has 0 spiro atoms. The van der Waals surface area contributed by atoms with E-state index in [-0.39, 0.29) is 36.9 Å². The zero-order valence-corrected chi connectivity index (χ0v) is 15.1. The summed E-state index contributed by atoms with van der Waals surface area (Å²) in [5.41, 5.74) is 0.537. The smallest absolute Gasteiger partial charge is 0.306 e. The van der Waals surface area contributed by atoms with Crippen LogP contribution in [0.25, 0.3) is 0 Å². The third-order valence-corrected chi connectivity index (χ3v) is 4.54. The molecule has 0 unspecified atom stereocenters. The molecule has 1 saturated heterocycles. The van der Waals surface area contributed by atoms with E-state index >= 15 is 0 Å². The number of amides is 2. The van der Waals surface area contributed by atoms with Crippen LogP contribution in [-0.4, -0.2) is 60.9 Å². The van der Waals surface area contributed by atoms with Crippen LogP contribution in [0.15, 0.2) is 24.3 Å². The molecule has 1 heterocycles. The van der Waals surface area contributed by atoms with E-state index in [2.05, 4.69) is 4.74 Å². The Balaban J connectivity index is 1.80. The molecule has 2 rings (SSSR count). The van der Waals surface area contributed by atoms with E-state index < -0.39 is 5.97 Å². The van der Waals surface area contributed by atoms with Crippen molar-refractivity contribution in [2.24, 2.45) is 0 Å². The number of methoxy groups -OCH3 is 1. The Morgan fingerprint density at radius 1 is 0.962 bits per heavy atom. The standard InChI is InChI=1S/C19H25FN2O4/c1-26-19(25)10-9-18(24)22-12-4-11-21(13-14-22)17(23)8-7-15-5-2-3-6-16(15)20/h2-3,5-6H,4,7-14H2,1H3. The van der Waals surface area contributed by atoms with Crippen molar-refractivity contribution >= 4 is 17.8 Å². The van der Waals surface area contributed by atoms with Crippen molar-refractivity contribution in [3.05, 3.63) is 35.6 Å². The Kier molecular flexibility index (Phi) is 7.56. The number of ether oxygens (including phenoxy) is 1. The van der Waals surface area contributed by atoms with Gasteiger partial charge >= 0.3 is 5.97 Å². The summed E-state index contributed by atoms with van der Waals surface area (Å²) in [6.45, 7) is 2.06. The normalized spacial score (nSPS) is 14.7. The molecule has 1 aromatic carbocycles. The van der Waals surface area contributed by atoms with E-state index in [0.717, 1.165) is 0 Å². The van der Waals surface area contributed by atoms with E-state index in [0.29, 0.717) is 44.6 Å². The average Bonchev–Trinajstić information content (AvgIpc) is 2.91. The lowest BCUT2D eigenvalue weighted by Crippen LogP contribution is -2.37. The Bertz CT molecular complexity index is 650. The summed E-state index contributed by atoms with van der Waals surface area (Å²) in [7, 11) is 1.30. The van der Waals surface area contributed by atoms with E-state index in [4.69, 9.17) is 0 Å². The van der Waals surface area contributed by atoms with Crippen LogP contribution in [0.4, 0.5) is 4.39 Å². The van der Waals surface area contributed by atoms with Gasteiger partial charge in [0.2, 0.25) is 11.8 Å². The molecule has 0 aliphatic carbocycles. The Morgan fingerprint density at radius 2 is 1.58 bits per heavy atom. The Labute approximate surface area is 152 Å². The first-order valence-corrected chi connectivity index (χ1v) is 8.87. The third kappa shape index (κ3) is 5.82. The molecule has 0 N–H and O–H groups in total. The van der Waals surface area contributed by atoms with Crippen LogP contribution in [0.3, 0.4) is 0 Å². The highest BCUT2D eigenvalue weighted by atomic mass is 19.1. The van der Waals surface area contributed by atoms with Crippen LogP contribution in [0.1, 0.15) is 31.2 Å². The number of hydrogen-bond donors (Lipinski definition) is 0. The summed E-state index contributed by atoms with van der Waals surface area (Å²) in [6, 6.07) is 6.46. The van der Waals surface area contributed by atoms with Gasteiger partial charge in [-0.2, -0.15) is 0 Å². The predicted molar refractivity (Wildman–Crippen MR) is 93.7 cm³/mol. The van der Waals surface area contributed by atoms with Crippen LogP contribution < -0.4 is 0 Å². The fourth-order valence-electron chi connectivity index (χ4n) is 2.99. The molecule has 26 heavy (non-hydrogen) atoms. The summed E-state index contributed by atoms with van der Waals surface area (Å²) in [5.74, 6) is -0.829. The van der Waals surface area contributed by atoms with Gasteiger partial charge in [0, 0.05) is 39.0 Å². The quantitative estimate of drug-likeness (QED) is 0.722. The highest BCUT2D eigenvalue weighted by molar-refractivity contribution is 5.81. The lowest BCUT2D eigenvalue weighted by molar-refractivity contribution is -0.143. The van der Waals surface area contributed by atoms with Gasteiger partial charge in [-0.15, -0.1) is 0 Å². The molecular weight excluding hydrogens is 339 g/mol. The maximum absolute atomic E-state index is 13.6. The molecular formula is C19H25FN2O4. The lowest BCUT2D eigenvalue weighted by Gasteiger charge is -2.22. The van der Waals surface area contributed by atoms with Gasteiger partial charge in [-0.3, -0.25) is 14.4 Å². The van der Waals surface area contributed by atoms with Crippen LogP contribution in [0.5, 0.6) is 0 Å². The van der Waals surface area contributed by atoms with Crippen LogP contribution in [0, 0.1) is 5.82 Å². The number of rotatable bonds is 6. The zero-order valence-electron chi connectivity index (χ0n) is 15.1. The molecule has 0 aromatic heterocycles. The second-order valence-corrected chi connectivity index (χ2v) is 6.28. The number of carbonyl (C=O) groups excluding carboxylic acids is 3. The van der Waals surface area contributed by atoms with Gasteiger partial charge in [-0.1, -0.05) is 18.2 Å². The molecule has 2 amide bonds. The van der Waals surface area contributed by atoms with E-state index in [9.17, 15) is 18.8 Å². The number of halogens is 1. The SMILES string of the molecule is COC(=O)CCC(=O)N1CCCN(C(=O)CCc2ccccc2F)CC1. The van der Waals surface area contributed by atoms with Crippen LogP contribution in [0.2, 0.25) is 0 Å². The second kappa shape index (κ2) is 9.89. The van der Waals surface area contributed by atoms with Gasteiger partial charge < -0.3 is 14.5 Å². The highest BCUT2D eigenvalue weighted by Gasteiger charge is 2.22. The largest absolute Gasteiger partial charge is 0.469 e. The van der Waals surface area contributed by atoms with Crippen molar-refractivity contribution < 1.29 is 23.5 Å². The van der Waals surface area contributed by atoms with E-state index in [1.807, 2.05) is 0 Å². The Hall–Kier alpha value is -2.44. The van der Waals surface area contributed by atoms with Gasteiger partial charge in [0.25, 0.3) is 0 Å². The first-order valence-electron chi connectivity index (χ1n) is 8.87. The molecule has 1 fully saturated rings. The van der Waals surface area contributed by atoms with Gasteiger partial charge in [0.05, 0.1) is 13.5 Å². The average molecular weight is 364 g/mol. The van der Waals surface area contributed by atoms with Gasteiger partial charge in [-0.05, 0) is 24.5 Å². The van der Waals surface area contributed by atoms with Gasteiger partial charge in [-0.25, -0.2) is 4.39 Å². The molecule has 0 radical (unpaired) electrons.